The summed E-state index contributed by atoms with van der Waals surface area (Å²) >= 11 is 3.40. The van der Waals surface area contributed by atoms with E-state index in [-0.39, 0.29) is 0 Å². The summed E-state index contributed by atoms with van der Waals surface area (Å²) in [6, 6.07) is 4.29. The zero-order valence-electron chi connectivity index (χ0n) is 10.3. The van der Waals surface area contributed by atoms with Crippen molar-refractivity contribution in [3.63, 3.8) is 0 Å². The Hall–Kier alpha value is -0.540. The lowest BCUT2D eigenvalue weighted by Gasteiger charge is -1.99. The molecule has 2 rings (SSSR count). The highest BCUT2D eigenvalue weighted by molar-refractivity contribution is 8.01. The van der Waals surface area contributed by atoms with E-state index in [1.165, 1.54) is 42.7 Å². The Morgan fingerprint density at radius 2 is 2.47 bits per heavy atom. The van der Waals surface area contributed by atoms with E-state index < -0.39 is 0 Å². The minimum absolute atomic E-state index is 0.727. The van der Waals surface area contributed by atoms with Gasteiger partial charge in [0.2, 0.25) is 0 Å². The molecule has 1 aliphatic carbocycles. The fraction of sp³-hybridized carbons (Fsp3) is 0.500. The SMILES string of the molecule is CCCC/C=C/S/N=C(\c1cccs1)C1CC1. The summed E-state index contributed by atoms with van der Waals surface area (Å²) in [7, 11) is 0. The van der Waals surface area contributed by atoms with Crippen LogP contribution in [-0.2, 0) is 0 Å². The number of nitrogens with zero attached hydrogens (tertiary/aromatic N) is 1. The highest BCUT2D eigenvalue weighted by Crippen LogP contribution is 2.35. The van der Waals surface area contributed by atoms with Crippen molar-refractivity contribution in [1.82, 2.24) is 0 Å². The second kappa shape index (κ2) is 7.02. The molecule has 0 aromatic carbocycles. The summed E-state index contributed by atoms with van der Waals surface area (Å²) in [6.45, 7) is 2.22. The third-order valence-corrected chi connectivity index (χ3v) is 4.28. The van der Waals surface area contributed by atoms with Crippen molar-refractivity contribution in [2.45, 2.75) is 39.0 Å². The van der Waals surface area contributed by atoms with Gasteiger partial charge in [-0.15, -0.1) is 11.3 Å². The van der Waals surface area contributed by atoms with Gasteiger partial charge in [-0.2, -0.15) is 0 Å². The average molecular weight is 265 g/mol. The smallest absolute Gasteiger partial charge is 0.0693 e. The van der Waals surface area contributed by atoms with Crippen LogP contribution in [0.4, 0.5) is 0 Å². The first-order valence-corrected chi connectivity index (χ1v) is 8.06. The molecule has 0 atom stereocenters. The van der Waals surface area contributed by atoms with Gasteiger partial charge in [-0.1, -0.05) is 31.9 Å². The molecule has 0 N–H and O–H groups in total. The molecule has 92 valence electrons. The van der Waals surface area contributed by atoms with E-state index in [9.17, 15) is 0 Å². The molecule has 0 saturated heterocycles. The zero-order chi connectivity index (χ0) is 11.9. The number of allylic oxidation sites excluding steroid dienone is 1. The molecule has 0 amide bonds. The van der Waals surface area contributed by atoms with Gasteiger partial charge >= 0.3 is 0 Å². The van der Waals surface area contributed by atoms with Gasteiger partial charge in [0.05, 0.1) is 5.71 Å². The zero-order valence-corrected chi connectivity index (χ0v) is 11.9. The van der Waals surface area contributed by atoms with Gasteiger partial charge in [-0.25, -0.2) is 4.40 Å². The number of rotatable bonds is 7. The van der Waals surface area contributed by atoms with Crippen molar-refractivity contribution < 1.29 is 0 Å². The van der Waals surface area contributed by atoms with E-state index in [4.69, 9.17) is 0 Å². The number of hydrogen-bond donors (Lipinski definition) is 0. The maximum absolute atomic E-state index is 4.68. The average Bonchev–Trinajstić information content (AvgIpc) is 3.03. The molecule has 1 fully saturated rings. The molecule has 17 heavy (non-hydrogen) atoms. The molecule has 0 radical (unpaired) electrons. The lowest BCUT2D eigenvalue weighted by molar-refractivity contribution is 0.815. The monoisotopic (exact) mass is 265 g/mol. The summed E-state index contributed by atoms with van der Waals surface area (Å²) in [5, 5.41) is 4.26. The second-order valence-electron chi connectivity index (χ2n) is 4.35. The predicted molar refractivity (Wildman–Crippen MR) is 79.8 cm³/mol. The van der Waals surface area contributed by atoms with E-state index in [1.807, 2.05) is 0 Å². The topological polar surface area (TPSA) is 12.4 Å². The third-order valence-electron chi connectivity index (χ3n) is 2.77. The first-order valence-electron chi connectivity index (χ1n) is 6.34. The lowest BCUT2D eigenvalue weighted by atomic mass is 10.2. The number of thiophene rings is 1. The number of hydrogen-bond acceptors (Lipinski definition) is 3. The molecule has 0 unspecified atom stereocenters. The normalized spacial score (nSPS) is 16.9. The predicted octanol–water partition coefficient (Wildman–Crippen LogP) is 5.30. The Morgan fingerprint density at radius 1 is 1.59 bits per heavy atom. The molecule has 1 heterocycles. The number of unbranched alkanes of at least 4 members (excludes halogenated alkanes) is 2. The highest BCUT2D eigenvalue weighted by atomic mass is 32.2. The summed E-state index contributed by atoms with van der Waals surface area (Å²) in [4.78, 5) is 1.35. The maximum Gasteiger partial charge on any atom is 0.0693 e. The van der Waals surface area contributed by atoms with Crippen LogP contribution >= 0.6 is 23.3 Å². The largest absolute Gasteiger partial charge is 0.215 e. The van der Waals surface area contributed by atoms with Crippen LogP contribution in [0.25, 0.3) is 0 Å². The van der Waals surface area contributed by atoms with Crippen LogP contribution in [0.2, 0.25) is 0 Å². The Balaban J connectivity index is 1.86. The molecule has 1 aliphatic rings. The molecule has 1 aromatic rings. The van der Waals surface area contributed by atoms with Gasteiger partial charge < -0.3 is 0 Å². The maximum atomic E-state index is 4.68. The molecule has 1 aromatic heterocycles. The molecule has 0 aliphatic heterocycles. The molecule has 0 bridgehead atoms. The van der Waals surface area contributed by atoms with E-state index in [0.717, 1.165) is 5.92 Å². The highest BCUT2D eigenvalue weighted by Gasteiger charge is 2.29. The van der Waals surface area contributed by atoms with Gasteiger partial charge in [0.25, 0.3) is 0 Å². The van der Waals surface area contributed by atoms with Gasteiger partial charge in [0.15, 0.2) is 0 Å². The molecule has 1 nitrogen and oxygen atoms in total. The Labute approximate surface area is 112 Å². The third kappa shape index (κ3) is 4.32. The van der Waals surface area contributed by atoms with Crippen LogP contribution in [0.1, 0.15) is 43.9 Å². The molecular weight excluding hydrogens is 246 g/mol. The van der Waals surface area contributed by atoms with Gasteiger partial charge in [0.1, 0.15) is 0 Å². The van der Waals surface area contributed by atoms with Crippen LogP contribution in [0, 0.1) is 5.92 Å². The fourth-order valence-electron chi connectivity index (χ4n) is 1.62. The summed E-state index contributed by atoms with van der Waals surface area (Å²) in [6.07, 6.45) is 8.59. The van der Waals surface area contributed by atoms with E-state index >= 15 is 0 Å². The Kier molecular flexibility index (Phi) is 5.33. The molecular formula is C14H19NS2. The molecule has 1 saturated carbocycles. The van der Waals surface area contributed by atoms with Crippen LogP contribution in [-0.4, -0.2) is 5.71 Å². The van der Waals surface area contributed by atoms with Crippen molar-refractivity contribution in [1.29, 1.82) is 0 Å². The quantitative estimate of drug-likeness (QED) is 0.370. The first-order chi connectivity index (χ1) is 8.42. The van der Waals surface area contributed by atoms with E-state index in [2.05, 4.69) is 40.3 Å². The Bertz CT molecular complexity index is 375. The van der Waals surface area contributed by atoms with Gasteiger partial charge in [-0.05, 0) is 36.1 Å². The van der Waals surface area contributed by atoms with Crippen LogP contribution in [0.3, 0.4) is 0 Å². The van der Waals surface area contributed by atoms with Crippen molar-refractivity contribution >= 4 is 29.0 Å². The summed E-state index contributed by atoms with van der Waals surface area (Å²) in [5.41, 5.74) is 1.31. The molecule has 3 heteroatoms. The first kappa shape index (κ1) is 12.9. The van der Waals surface area contributed by atoms with Crippen LogP contribution in [0.5, 0.6) is 0 Å². The minimum Gasteiger partial charge on any atom is -0.215 e. The summed E-state index contributed by atoms with van der Waals surface area (Å²) in [5.74, 6) is 0.727. The van der Waals surface area contributed by atoms with Crippen molar-refractivity contribution in [2.75, 3.05) is 0 Å². The molecule has 0 spiro atoms. The van der Waals surface area contributed by atoms with Crippen LogP contribution in [0.15, 0.2) is 33.4 Å². The van der Waals surface area contributed by atoms with Crippen LogP contribution < -0.4 is 0 Å². The Morgan fingerprint density at radius 3 is 3.12 bits per heavy atom. The van der Waals surface area contributed by atoms with Crippen molar-refractivity contribution in [2.24, 2.45) is 10.3 Å². The van der Waals surface area contributed by atoms with E-state index in [1.54, 1.807) is 23.3 Å². The fourth-order valence-corrected chi connectivity index (χ4v) is 3.12. The van der Waals surface area contributed by atoms with Crippen molar-refractivity contribution in [3.8, 4) is 0 Å². The second-order valence-corrected chi connectivity index (χ2v) is 5.96. The van der Waals surface area contributed by atoms with E-state index in [0.29, 0.717) is 0 Å². The minimum atomic E-state index is 0.727. The summed E-state index contributed by atoms with van der Waals surface area (Å²) < 4.78 is 4.68. The standard InChI is InChI=1S/C14H19NS2/c1-2-3-4-5-11-17-15-14(12-8-9-12)13-7-6-10-16-13/h5-7,10-12H,2-4,8-9H2,1H3/b11-5+,15-14-. The van der Waals surface area contributed by atoms with Gasteiger partial charge in [0, 0.05) is 22.7 Å². The van der Waals surface area contributed by atoms with Crippen molar-refractivity contribution in [3.05, 3.63) is 33.9 Å². The lowest BCUT2D eigenvalue weighted by Crippen LogP contribution is -1.98. The van der Waals surface area contributed by atoms with Gasteiger partial charge in [-0.3, -0.25) is 0 Å².